The van der Waals surface area contributed by atoms with Gasteiger partial charge in [0, 0.05) is 0 Å². The Morgan fingerprint density at radius 3 is 2.31 bits per heavy atom. The summed E-state index contributed by atoms with van der Waals surface area (Å²) < 4.78 is 0. The molecule has 0 heterocycles. The maximum absolute atomic E-state index is 11.3. The number of rotatable bonds is 3. The summed E-state index contributed by atoms with van der Waals surface area (Å²) in [6.07, 6.45) is 5.03. The first kappa shape index (κ1) is 11.5. The zero-order chi connectivity index (χ0) is 10.6. The van der Waals surface area contributed by atoms with Crippen molar-refractivity contribution < 1.29 is 14.7 Å². The van der Waals surface area contributed by atoms with Crippen LogP contribution in [0.1, 0.15) is 20.8 Å². The molecule has 1 atom stereocenters. The fourth-order valence-electron chi connectivity index (χ4n) is 0.516. The van der Waals surface area contributed by atoms with E-state index in [0.717, 1.165) is 0 Å². The van der Waals surface area contributed by atoms with Gasteiger partial charge in [0.25, 0.3) is 0 Å². The first-order valence-electron chi connectivity index (χ1n) is 3.83. The van der Waals surface area contributed by atoms with Crippen LogP contribution in [0.5, 0.6) is 0 Å². The van der Waals surface area contributed by atoms with Crippen LogP contribution in [0.25, 0.3) is 0 Å². The molecule has 0 aliphatic carbocycles. The van der Waals surface area contributed by atoms with Crippen LogP contribution < -0.4 is 5.32 Å². The Balaban J connectivity index is 4.45. The molecule has 0 saturated heterocycles. The first-order chi connectivity index (χ1) is 5.82. The van der Waals surface area contributed by atoms with E-state index in [-0.39, 0.29) is 0 Å². The van der Waals surface area contributed by atoms with Crippen LogP contribution in [0.3, 0.4) is 0 Å². The van der Waals surface area contributed by atoms with E-state index < -0.39 is 23.3 Å². The molecule has 1 amide bonds. The van der Waals surface area contributed by atoms with Crippen LogP contribution in [0.15, 0.2) is 0 Å². The second-order valence-electron chi connectivity index (χ2n) is 3.29. The van der Waals surface area contributed by atoms with E-state index in [1.165, 1.54) is 13.8 Å². The average molecular weight is 183 g/mol. The number of terminal acetylenes is 1. The molecule has 0 bridgehead atoms. The van der Waals surface area contributed by atoms with Crippen LogP contribution in [0.2, 0.25) is 0 Å². The molecule has 4 heteroatoms. The van der Waals surface area contributed by atoms with Crippen molar-refractivity contribution in [1.29, 1.82) is 0 Å². The number of aliphatic carboxylic acids is 1. The van der Waals surface area contributed by atoms with Gasteiger partial charge in [0.2, 0.25) is 5.91 Å². The van der Waals surface area contributed by atoms with E-state index in [1.807, 2.05) is 0 Å². The summed E-state index contributed by atoms with van der Waals surface area (Å²) in [6, 6.07) is -0.453. The molecule has 0 aliphatic heterocycles. The van der Waals surface area contributed by atoms with E-state index in [2.05, 4.69) is 11.2 Å². The van der Waals surface area contributed by atoms with Crippen molar-refractivity contribution in [2.45, 2.75) is 26.8 Å². The Morgan fingerprint density at radius 1 is 1.54 bits per heavy atom. The summed E-state index contributed by atoms with van der Waals surface area (Å²) >= 11 is 0. The number of carbonyl (C=O) groups is 2. The van der Waals surface area contributed by atoms with Gasteiger partial charge in [-0.2, -0.15) is 0 Å². The summed E-state index contributed by atoms with van der Waals surface area (Å²) in [5.74, 6) is 0.532. The molecular weight excluding hydrogens is 170 g/mol. The van der Waals surface area contributed by atoms with E-state index >= 15 is 0 Å². The largest absolute Gasteiger partial charge is 0.480 e. The minimum atomic E-state index is -1.44. The molecule has 0 rings (SSSR count). The summed E-state index contributed by atoms with van der Waals surface area (Å²) in [7, 11) is 0. The van der Waals surface area contributed by atoms with Crippen LogP contribution in [-0.4, -0.2) is 23.0 Å². The van der Waals surface area contributed by atoms with Gasteiger partial charge in [0.05, 0.1) is 6.04 Å². The van der Waals surface area contributed by atoms with Gasteiger partial charge in [-0.1, -0.05) is 5.92 Å². The lowest BCUT2D eigenvalue weighted by Crippen LogP contribution is -2.45. The summed E-state index contributed by atoms with van der Waals surface area (Å²) in [5, 5.41) is 11.1. The third kappa shape index (κ3) is 2.79. The molecule has 0 aromatic rings. The molecule has 0 saturated carbocycles. The highest BCUT2D eigenvalue weighted by atomic mass is 16.4. The third-order valence-corrected chi connectivity index (χ3v) is 1.70. The molecule has 2 N–H and O–H groups in total. The van der Waals surface area contributed by atoms with Crippen molar-refractivity contribution in [1.82, 2.24) is 5.32 Å². The standard InChI is InChI=1S/C9H13NO3/c1-5-6(2)10-7(11)9(3,4)8(12)13/h1,6H,2-4H3,(H,10,11)(H,12,13). The number of carboxylic acid groups (broad SMARTS) is 1. The van der Waals surface area contributed by atoms with Crippen molar-refractivity contribution in [3.63, 3.8) is 0 Å². The second-order valence-corrected chi connectivity index (χ2v) is 3.29. The number of hydrogen-bond donors (Lipinski definition) is 2. The molecule has 0 aliphatic rings. The van der Waals surface area contributed by atoms with Gasteiger partial charge in [0.1, 0.15) is 5.41 Å². The van der Waals surface area contributed by atoms with Gasteiger partial charge in [-0.3, -0.25) is 9.59 Å². The highest BCUT2D eigenvalue weighted by Crippen LogP contribution is 2.15. The van der Waals surface area contributed by atoms with Crippen LogP contribution >= 0.6 is 0 Å². The molecule has 0 aromatic heterocycles. The van der Waals surface area contributed by atoms with Gasteiger partial charge in [-0.25, -0.2) is 0 Å². The molecule has 0 fully saturated rings. The predicted molar refractivity (Wildman–Crippen MR) is 47.9 cm³/mol. The lowest BCUT2D eigenvalue weighted by molar-refractivity contribution is -0.153. The quantitative estimate of drug-likeness (QED) is 0.486. The SMILES string of the molecule is C#CC(C)NC(=O)C(C)(C)C(=O)O. The minimum absolute atomic E-state index is 0.453. The van der Waals surface area contributed by atoms with Gasteiger partial charge in [0.15, 0.2) is 0 Å². The molecule has 0 radical (unpaired) electrons. The average Bonchev–Trinajstić information content (AvgIpc) is 2.03. The van der Waals surface area contributed by atoms with Crippen molar-refractivity contribution in [2.75, 3.05) is 0 Å². The monoisotopic (exact) mass is 183 g/mol. The fourth-order valence-corrected chi connectivity index (χ4v) is 0.516. The van der Waals surface area contributed by atoms with Crippen molar-refractivity contribution in [3.05, 3.63) is 0 Å². The Labute approximate surface area is 77.3 Å². The van der Waals surface area contributed by atoms with E-state index in [0.29, 0.717) is 0 Å². The van der Waals surface area contributed by atoms with Crippen LogP contribution in [0.4, 0.5) is 0 Å². The first-order valence-corrected chi connectivity index (χ1v) is 3.83. The number of amides is 1. The van der Waals surface area contributed by atoms with Crippen LogP contribution in [-0.2, 0) is 9.59 Å². The minimum Gasteiger partial charge on any atom is -0.480 e. The topological polar surface area (TPSA) is 66.4 Å². The molecule has 4 nitrogen and oxygen atoms in total. The summed E-state index contributed by atoms with van der Waals surface area (Å²) in [4.78, 5) is 21.9. The van der Waals surface area contributed by atoms with Gasteiger partial charge in [-0.15, -0.1) is 6.42 Å². The second kappa shape index (κ2) is 3.94. The lowest BCUT2D eigenvalue weighted by Gasteiger charge is -2.19. The van der Waals surface area contributed by atoms with Crippen molar-refractivity contribution in [3.8, 4) is 12.3 Å². The third-order valence-electron chi connectivity index (χ3n) is 1.70. The molecular formula is C9H13NO3. The molecule has 1 unspecified atom stereocenters. The van der Waals surface area contributed by atoms with Gasteiger partial charge < -0.3 is 10.4 Å². The molecule has 72 valence electrons. The summed E-state index contributed by atoms with van der Waals surface area (Å²) in [5.41, 5.74) is -1.44. The van der Waals surface area contributed by atoms with Gasteiger partial charge in [-0.05, 0) is 20.8 Å². The smallest absolute Gasteiger partial charge is 0.318 e. The molecule has 13 heavy (non-hydrogen) atoms. The highest BCUT2D eigenvalue weighted by Gasteiger charge is 2.36. The maximum Gasteiger partial charge on any atom is 0.318 e. The number of hydrogen-bond acceptors (Lipinski definition) is 2. The fraction of sp³-hybridized carbons (Fsp3) is 0.556. The Morgan fingerprint density at radius 2 is 2.00 bits per heavy atom. The van der Waals surface area contributed by atoms with Crippen molar-refractivity contribution >= 4 is 11.9 Å². The van der Waals surface area contributed by atoms with Gasteiger partial charge >= 0.3 is 5.97 Å². The molecule has 0 spiro atoms. The van der Waals surface area contributed by atoms with E-state index in [4.69, 9.17) is 11.5 Å². The Hall–Kier alpha value is -1.50. The summed E-state index contributed by atoms with van der Waals surface area (Å²) in [6.45, 7) is 4.26. The normalized spacial score (nSPS) is 12.8. The van der Waals surface area contributed by atoms with E-state index in [9.17, 15) is 9.59 Å². The Bertz CT molecular complexity index is 263. The number of carbonyl (C=O) groups excluding carboxylic acids is 1. The number of nitrogens with one attached hydrogen (secondary N) is 1. The van der Waals surface area contributed by atoms with Crippen molar-refractivity contribution in [2.24, 2.45) is 5.41 Å². The zero-order valence-electron chi connectivity index (χ0n) is 7.92. The number of carboxylic acids is 1. The predicted octanol–water partition coefficient (Wildman–Crippen LogP) is 0.235. The van der Waals surface area contributed by atoms with Crippen LogP contribution in [0, 0.1) is 17.8 Å². The highest BCUT2D eigenvalue weighted by molar-refractivity contribution is 6.01. The maximum atomic E-state index is 11.3. The zero-order valence-corrected chi connectivity index (χ0v) is 7.92. The molecule has 0 aromatic carbocycles. The lowest BCUT2D eigenvalue weighted by atomic mass is 9.92. The Kier molecular flexibility index (Phi) is 3.49. The van der Waals surface area contributed by atoms with E-state index in [1.54, 1.807) is 6.92 Å².